The Morgan fingerprint density at radius 2 is 1.85 bits per heavy atom. The van der Waals surface area contributed by atoms with E-state index in [0.717, 1.165) is 0 Å². The van der Waals surface area contributed by atoms with Gasteiger partial charge in [0.05, 0.1) is 12.0 Å². The summed E-state index contributed by atoms with van der Waals surface area (Å²) in [6, 6.07) is -1.45. The lowest BCUT2D eigenvalue weighted by Gasteiger charge is -2.33. The zero-order valence-corrected chi connectivity index (χ0v) is 17.3. The molecule has 3 N–H and O–H groups in total. The van der Waals surface area contributed by atoms with Crippen molar-refractivity contribution in [2.24, 2.45) is 17.8 Å². The highest BCUT2D eigenvalue weighted by atomic mass is 32.1. The Kier molecular flexibility index (Phi) is 9.37. The first-order valence-corrected chi connectivity index (χ1v) is 10.1. The quantitative estimate of drug-likeness (QED) is 0.301. The van der Waals surface area contributed by atoms with Crippen molar-refractivity contribution in [2.45, 2.75) is 59.5 Å². The Labute approximate surface area is 164 Å². The van der Waals surface area contributed by atoms with Crippen LogP contribution in [0.1, 0.15) is 47.5 Å². The topological polar surface area (TPSA) is 112 Å². The van der Waals surface area contributed by atoms with Crippen molar-refractivity contribution in [1.82, 2.24) is 15.4 Å². The van der Waals surface area contributed by atoms with Gasteiger partial charge in [0, 0.05) is 11.6 Å². The molecule has 0 aliphatic rings. The first-order chi connectivity index (χ1) is 12.8. The number of rotatable bonds is 11. The molecule has 0 aliphatic heterocycles. The molecule has 0 fully saturated rings. The van der Waals surface area contributed by atoms with Gasteiger partial charge >= 0.3 is 0 Å². The summed E-state index contributed by atoms with van der Waals surface area (Å²) in [5.74, 6) is -1.53. The molecule has 152 valence electrons. The summed E-state index contributed by atoms with van der Waals surface area (Å²) in [4.78, 5) is 40.6. The van der Waals surface area contributed by atoms with Gasteiger partial charge < -0.3 is 10.6 Å². The maximum Gasteiger partial charge on any atom is 0.249 e. The molecule has 0 aromatic carbocycles. The van der Waals surface area contributed by atoms with Crippen LogP contribution >= 0.6 is 11.3 Å². The fourth-order valence-electron chi connectivity index (χ4n) is 2.89. The lowest BCUT2D eigenvalue weighted by Crippen LogP contribution is -2.53. The third kappa shape index (κ3) is 6.28. The maximum absolute atomic E-state index is 13.0. The van der Waals surface area contributed by atoms with Crippen molar-refractivity contribution < 1.29 is 19.6 Å². The number of hydrogen-bond acceptors (Lipinski definition) is 6. The molecule has 0 unspecified atom stereocenters. The SMILES string of the molecule is CC[C@@H](C)[C@@H](C(=O)N[C@H](C(=O)Nc1nccs1)[C@@H](C)CC)[C@H](C)N(O)C=O. The highest BCUT2D eigenvalue weighted by Gasteiger charge is 2.36. The summed E-state index contributed by atoms with van der Waals surface area (Å²) >= 11 is 1.30. The van der Waals surface area contributed by atoms with Crippen molar-refractivity contribution in [1.29, 1.82) is 0 Å². The van der Waals surface area contributed by atoms with Crippen LogP contribution in [0.4, 0.5) is 5.13 Å². The number of hydrogen-bond donors (Lipinski definition) is 3. The molecule has 9 heteroatoms. The molecule has 0 saturated carbocycles. The molecule has 3 amide bonds. The van der Waals surface area contributed by atoms with Crippen LogP contribution in [-0.4, -0.2) is 45.6 Å². The summed E-state index contributed by atoms with van der Waals surface area (Å²) in [6.07, 6.45) is 3.26. The molecule has 1 rings (SSSR count). The maximum atomic E-state index is 13.0. The van der Waals surface area contributed by atoms with E-state index in [0.29, 0.717) is 23.0 Å². The average molecular weight is 399 g/mol. The van der Waals surface area contributed by atoms with E-state index in [2.05, 4.69) is 15.6 Å². The second-order valence-electron chi connectivity index (χ2n) is 6.84. The minimum atomic E-state index is -0.742. The molecule has 5 atom stereocenters. The molecular formula is C18H30N4O4S. The molecule has 27 heavy (non-hydrogen) atoms. The number of nitrogens with zero attached hydrogens (tertiary/aromatic N) is 2. The van der Waals surface area contributed by atoms with Gasteiger partial charge in [0.1, 0.15) is 6.04 Å². The third-order valence-corrected chi connectivity index (χ3v) is 5.75. The summed E-state index contributed by atoms with van der Waals surface area (Å²) in [6.45, 7) is 9.25. The average Bonchev–Trinajstić information content (AvgIpc) is 3.17. The Morgan fingerprint density at radius 3 is 2.33 bits per heavy atom. The third-order valence-electron chi connectivity index (χ3n) is 5.06. The predicted octanol–water partition coefficient (Wildman–Crippen LogP) is 2.51. The van der Waals surface area contributed by atoms with E-state index in [4.69, 9.17) is 0 Å². The van der Waals surface area contributed by atoms with Crippen molar-refractivity contribution >= 4 is 34.7 Å². The summed E-state index contributed by atoms with van der Waals surface area (Å²) < 4.78 is 0. The smallest absolute Gasteiger partial charge is 0.249 e. The number of carbonyl (C=O) groups is 3. The Balaban J connectivity index is 3.00. The van der Waals surface area contributed by atoms with E-state index in [1.54, 1.807) is 18.5 Å². The number of amides is 3. The van der Waals surface area contributed by atoms with Crippen LogP contribution in [0.5, 0.6) is 0 Å². The second kappa shape index (κ2) is 11.0. The molecule has 0 aliphatic carbocycles. The first-order valence-electron chi connectivity index (χ1n) is 9.19. The van der Waals surface area contributed by atoms with Crippen LogP contribution in [0.2, 0.25) is 0 Å². The molecule has 0 radical (unpaired) electrons. The highest BCUT2D eigenvalue weighted by molar-refractivity contribution is 7.13. The predicted molar refractivity (Wildman–Crippen MR) is 104 cm³/mol. The second-order valence-corrected chi connectivity index (χ2v) is 7.73. The van der Waals surface area contributed by atoms with Crippen LogP contribution in [0.15, 0.2) is 11.6 Å². The van der Waals surface area contributed by atoms with Gasteiger partial charge in [0.25, 0.3) is 0 Å². The minimum Gasteiger partial charge on any atom is -0.344 e. The van der Waals surface area contributed by atoms with Gasteiger partial charge in [0.2, 0.25) is 18.2 Å². The highest BCUT2D eigenvalue weighted by Crippen LogP contribution is 2.23. The van der Waals surface area contributed by atoms with E-state index in [1.807, 2.05) is 27.7 Å². The van der Waals surface area contributed by atoms with Crippen LogP contribution in [0.25, 0.3) is 0 Å². The van der Waals surface area contributed by atoms with E-state index < -0.39 is 18.0 Å². The Morgan fingerprint density at radius 1 is 1.22 bits per heavy atom. The van der Waals surface area contributed by atoms with Crippen LogP contribution in [0.3, 0.4) is 0 Å². The van der Waals surface area contributed by atoms with E-state index in [1.165, 1.54) is 11.3 Å². The summed E-state index contributed by atoms with van der Waals surface area (Å²) in [7, 11) is 0. The number of aromatic nitrogens is 1. The monoisotopic (exact) mass is 398 g/mol. The fraction of sp³-hybridized carbons (Fsp3) is 0.667. The molecule has 0 saturated heterocycles. The zero-order valence-electron chi connectivity index (χ0n) is 16.5. The summed E-state index contributed by atoms with van der Waals surface area (Å²) in [5, 5.41) is 18.0. The molecule has 1 aromatic rings. The lowest BCUT2D eigenvalue weighted by molar-refractivity contribution is -0.168. The summed E-state index contributed by atoms with van der Waals surface area (Å²) in [5.41, 5.74) is 0. The van der Waals surface area contributed by atoms with Crippen molar-refractivity contribution in [3.8, 4) is 0 Å². The first kappa shape index (κ1) is 23.0. The van der Waals surface area contributed by atoms with Gasteiger partial charge in [0.15, 0.2) is 5.13 Å². The molecular weight excluding hydrogens is 368 g/mol. The van der Waals surface area contributed by atoms with Crippen molar-refractivity contribution in [3.05, 3.63) is 11.6 Å². The van der Waals surface area contributed by atoms with Gasteiger partial charge in [-0.3, -0.25) is 19.6 Å². The van der Waals surface area contributed by atoms with E-state index >= 15 is 0 Å². The van der Waals surface area contributed by atoms with Crippen molar-refractivity contribution in [2.75, 3.05) is 5.32 Å². The van der Waals surface area contributed by atoms with Gasteiger partial charge in [-0.25, -0.2) is 10.0 Å². The van der Waals surface area contributed by atoms with E-state index in [-0.39, 0.29) is 30.1 Å². The molecule has 8 nitrogen and oxygen atoms in total. The van der Waals surface area contributed by atoms with Crippen LogP contribution in [-0.2, 0) is 14.4 Å². The standard InChI is InChI=1S/C18H30N4O4S/c1-6-11(3)14(13(5)22(26)10-23)16(24)20-15(12(4)7-2)17(25)21-18-19-8-9-27-18/h8-15,26H,6-7H2,1-5H3,(H,20,24)(H,19,21,25)/t11-,12+,13+,14-,15+/m1/s1. The molecule has 0 bridgehead atoms. The van der Waals surface area contributed by atoms with Gasteiger partial charge in [-0.15, -0.1) is 11.3 Å². The van der Waals surface area contributed by atoms with Gasteiger partial charge in [-0.2, -0.15) is 0 Å². The van der Waals surface area contributed by atoms with Crippen LogP contribution < -0.4 is 10.6 Å². The Bertz CT molecular complexity index is 611. The largest absolute Gasteiger partial charge is 0.344 e. The zero-order chi connectivity index (χ0) is 20.6. The van der Waals surface area contributed by atoms with Crippen LogP contribution in [0, 0.1) is 17.8 Å². The number of anilines is 1. The fourth-order valence-corrected chi connectivity index (χ4v) is 3.42. The molecule has 1 heterocycles. The van der Waals surface area contributed by atoms with E-state index in [9.17, 15) is 19.6 Å². The lowest BCUT2D eigenvalue weighted by atomic mass is 9.84. The number of thiazole rings is 1. The van der Waals surface area contributed by atoms with Gasteiger partial charge in [-0.1, -0.05) is 40.5 Å². The number of carbonyl (C=O) groups excluding carboxylic acids is 3. The number of nitrogens with one attached hydrogen (secondary N) is 2. The number of hydroxylamine groups is 2. The van der Waals surface area contributed by atoms with Crippen molar-refractivity contribution in [3.63, 3.8) is 0 Å². The molecule has 1 aromatic heterocycles. The van der Waals surface area contributed by atoms with Gasteiger partial charge in [-0.05, 0) is 18.8 Å². The molecule has 0 spiro atoms. The normalized spacial score (nSPS) is 16.5. The Hall–Kier alpha value is -2.00. The minimum absolute atomic E-state index is 0.0887.